The minimum Gasteiger partial charge on any atom is -0.493 e. The molecule has 140 valence electrons. The number of rotatable bonds is 8. The number of amides is 1. The number of quaternary nitrogens is 1. The first kappa shape index (κ1) is 20.4. The Morgan fingerprint density at radius 2 is 1.88 bits per heavy atom. The number of anilines is 1. The molecule has 1 unspecified atom stereocenters. The molecule has 5 nitrogen and oxygen atoms in total. The van der Waals surface area contributed by atoms with Crippen LogP contribution < -0.4 is 19.7 Å². The van der Waals surface area contributed by atoms with Crippen molar-refractivity contribution in [2.24, 2.45) is 0 Å². The van der Waals surface area contributed by atoms with E-state index in [4.69, 9.17) is 32.7 Å². The van der Waals surface area contributed by atoms with Gasteiger partial charge >= 0.3 is 0 Å². The van der Waals surface area contributed by atoms with Gasteiger partial charge in [-0.05, 0) is 43.3 Å². The van der Waals surface area contributed by atoms with Gasteiger partial charge in [0.1, 0.15) is 6.54 Å². The lowest BCUT2D eigenvalue weighted by Crippen LogP contribution is -3.08. The number of carbonyl (C=O) groups is 1. The molecule has 1 amide bonds. The monoisotopic (exact) mass is 397 g/mol. The van der Waals surface area contributed by atoms with Gasteiger partial charge < -0.3 is 19.7 Å². The van der Waals surface area contributed by atoms with Crippen LogP contribution in [0, 0.1) is 0 Å². The highest BCUT2D eigenvalue weighted by molar-refractivity contribution is 6.42. The maximum absolute atomic E-state index is 12.2. The number of methoxy groups -OCH3 is 1. The topological polar surface area (TPSA) is 52.0 Å². The van der Waals surface area contributed by atoms with Crippen LogP contribution in [-0.2, 0) is 11.3 Å². The fraction of sp³-hybridized carbons (Fsp3) is 0.316. The Bertz CT molecular complexity index is 768. The Morgan fingerprint density at radius 3 is 2.54 bits per heavy atom. The molecule has 0 aromatic heterocycles. The van der Waals surface area contributed by atoms with Crippen LogP contribution in [0.2, 0.25) is 10.0 Å². The van der Waals surface area contributed by atoms with E-state index < -0.39 is 0 Å². The van der Waals surface area contributed by atoms with Crippen LogP contribution in [0.5, 0.6) is 11.5 Å². The van der Waals surface area contributed by atoms with E-state index in [1.807, 2.05) is 32.2 Å². The van der Waals surface area contributed by atoms with Crippen molar-refractivity contribution in [1.82, 2.24) is 0 Å². The Kier molecular flexibility index (Phi) is 7.57. The molecule has 0 aliphatic rings. The van der Waals surface area contributed by atoms with Gasteiger partial charge in [-0.2, -0.15) is 0 Å². The fourth-order valence-electron chi connectivity index (χ4n) is 2.56. The first-order chi connectivity index (χ1) is 12.4. The van der Waals surface area contributed by atoms with Gasteiger partial charge in [-0.25, -0.2) is 0 Å². The third kappa shape index (κ3) is 5.80. The molecule has 2 aromatic carbocycles. The highest BCUT2D eigenvalue weighted by atomic mass is 35.5. The van der Waals surface area contributed by atoms with Gasteiger partial charge in [0.05, 0.1) is 30.8 Å². The van der Waals surface area contributed by atoms with Gasteiger partial charge in [0, 0.05) is 11.3 Å². The second-order valence-corrected chi connectivity index (χ2v) is 6.72. The number of hydrogen-bond donors (Lipinski definition) is 2. The van der Waals surface area contributed by atoms with Gasteiger partial charge in [0.2, 0.25) is 0 Å². The standard InChI is InChI=1S/C19H22Cl2N2O3/c1-4-26-17-8-5-13(9-18(17)25-3)11-23(2)12-19(24)22-14-6-7-15(20)16(21)10-14/h5-10H,4,11-12H2,1-3H3,(H,22,24)/p+1. The number of hydrogen-bond acceptors (Lipinski definition) is 3. The van der Waals surface area contributed by atoms with Gasteiger partial charge in [-0.15, -0.1) is 0 Å². The smallest absolute Gasteiger partial charge is 0.279 e. The Hall–Kier alpha value is -1.95. The Balaban J connectivity index is 1.94. The lowest BCUT2D eigenvalue weighted by atomic mass is 10.2. The molecule has 0 spiro atoms. The number of carbonyl (C=O) groups excluding carboxylic acids is 1. The SMILES string of the molecule is CCOc1ccc(C[NH+](C)CC(=O)Nc2ccc(Cl)c(Cl)c2)cc1OC. The summed E-state index contributed by atoms with van der Waals surface area (Å²) in [5.41, 5.74) is 1.69. The van der Waals surface area contributed by atoms with Crippen LogP contribution in [0.3, 0.4) is 0 Å². The first-order valence-corrected chi connectivity index (χ1v) is 9.04. The van der Waals surface area contributed by atoms with Crippen molar-refractivity contribution in [1.29, 1.82) is 0 Å². The first-order valence-electron chi connectivity index (χ1n) is 8.28. The molecule has 0 aliphatic heterocycles. The number of benzene rings is 2. The second-order valence-electron chi connectivity index (χ2n) is 5.91. The summed E-state index contributed by atoms with van der Waals surface area (Å²) in [6, 6.07) is 10.8. The van der Waals surface area contributed by atoms with Crippen LogP contribution in [0.1, 0.15) is 12.5 Å². The van der Waals surface area contributed by atoms with E-state index in [0.717, 1.165) is 10.5 Å². The molecule has 0 fully saturated rings. The van der Waals surface area contributed by atoms with E-state index in [9.17, 15) is 4.79 Å². The van der Waals surface area contributed by atoms with E-state index in [2.05, 4.69) is 5.32 Å². The minimum absolute atomic E-state index is 0.0983. The molecule has 2 aromatic rings. The van der Waals surface area contributed by atoms with Crippen molar-refractivity contribution in [2.45, 2.75) is 13.5 Å². The molecule has 0 saturated heterocycles. The Morgan fingerprint density at radius 1 is 1.12 bits per heavy atom. The fourth-order valence-corrected chi connectivity index (χ4v) is 2.86. The van der Waals surface area contributed by atoms with Crippen molar-refractivity contribution in [3.05, 3.63) is 52.0 Å². The molecule has 2 N–H and O–H groups in total. The van der Waals surface area contributed by atoms with Crippen molar-refractivity contribution >= 4 is 34.8 Å². The summed E-state index contributed by atoms with van der Waals surface area (Å²) in [4.78, 5) is 13.3. The molecular weight excluding hydrogens is 375 g/mol. The van der Waals surface area contributed by atoms with Gasteiger partial charge in [0.15, 0.2) is 18.0 Å². The van der Waals surface area contributed by atoms with E-state index in [1.165, 1.54) is 0 Å². The van der Waals surface area contributed by atoms with Crippen LogP contribution >= 0.6 is 23.2 Å². The molecule has 0 bridgehead atoms. The van der Waals surface area contributed by atoms with E-state index in [0.29, 0.717) is 46.9 Å². The zero-order chi connectivity index (χ0) is 19.1. The number of ether oxygens (including phenoxy) is 2. The molecule has 7 heteroatoms. The molecular formula is C19H23Cl2N2O3+. The minimum atomic E-state index is -0.0983. The molecule has 0 heterocycles. The van der Waals surface area contributed by atoms with Crippen LogP contribution in [0.25, 0.3) is 0 Å². The average molecular weight is 398 g/mol. The summed E-state index contributed by atoms with van der Waals surface area (Å²) < 4.78 is 10.9. The molecule has 0 radical (unpaired) electrons. The highest BCUT2D eigenvalue weighted by Gasteiger charge is 2.13. The van der Waals surface area contributed by atoms with Crippen molar-refractivity contribution < 1.29 is 19.2 Å². The summed E-state index contributed by atoms with van der Waals surface area (Å²) in [5.74, 6) is 1.31. The maximum atomic E-state index is 12.2. The van der Waals surface area contributed by atoms with E-state index in [-0.39, 0.29) is 5.91 Å². The van der Waals surface area contributed by atoms with Crippen molar-refractivity contribution in [3.63, 3.8) is 0 Å². The van der Waals surface area contributed by atoms with Crippen LogP contribution in [-0.4, -0.2) is 33.2 Å². The summed E-state index contributed by atoms with van der Waals surface area (Å²) in [5, 5.41) is 3.69. The quantitative estimate of drug-likeness (QED) is 0.719. The van der Waals surface area contributed by atoms with Crippen molar-refractivity contribution in [2.75, 3.05) is 32.6 Å². The molecule has 0 saturated carbocycles. The third-order valence-electron chi connectivity index (χ3n) is 3.70. The average Bonchev–Trinajstić information content (AvgIpc) is 2.59. The Labute approximate surface area is 163 Å². The third-order valence-corrected chi connectivity index (χ3v) is 4.44. The number of likely N-dealkylation sites (N-methyl/N-ethyl adjacent to an activating group) is 1. The normalized spacial score (nSPS) is 11.7. The zero-order valence-electron chi connectivity index (χ0n) is 15.1. The molecule has 1 atom stereocenters. The van der Waals surface area contributed by atoms with Crippen molar-refractivity contribution in [3.8, 4) is 11.5 Å². The molecule has 2 rings (SSSR count). The lowest BCUT2D eigenvalue weighted by Gasteiger charge is -2.16. The number of halogens is 2. The van der Waals surface area contributed by atoms with Crippen LogP contribution in [0.15, 0.2) is 36.4 Å². The van der Waals surface area contributed by atoms with Crippen LogP contribution in [0.4, 0.5) is 5.69 Å². The summed E-state index contributed by atoms with van der Waals surface area (Å²) >= 11 is 11.8. The lowest BCUT2D eigenvalue weighted by molar-refractivity contribution is -0.885. The van der Waals surface area contributed by atoms with Gasteiger partial charge in [0.25, 0.3) is 5.91 Å². The largest absolute Gasteiger partial charge is 0.493 e. The zero-order valence-corrected chi connectivity index (χ0v) is 16.6. The highest BCUT2D eigenvalue weighted by Crippen LogP contribution is 2.28. The van der Waals surface area contributed by atoms with Gasteiger partial charge in [-0.3, -0.25) is 4.79 Å². The molecule has 26 heavy (non-hydrogen) atoms. The van der Waals surface area contributed by atoms with E-state index in [1.54, 1.807) is 25.3 Å². The maximum Gasteiger partial charge on any atom is 0.279 e. The second kappa shape index (κ2) is 9.67. The summed E-state index contributed by atoms with van der Waals surface area (Å²) in [6.45, 7) is 3.50. The molecule has 0 aliphatic carbocycles. The van der Waals surface area contributed by atoms with Gasteiger partial charge in [-0.1, -0.05) is 23.2 Å². The predicted molar refractivity (Wildman–Crippen MR) is 105 cm³/mol. The van der Waals surface area contributed by atoms with E-state index >= 15 is 0 Å². The predicted octanol–water partition coefficient (Wildman–Crippen LogP) is 3.05. The summed E-state index contributed by atoms with van der Waals surface area (Å²) in [7, 11) is 3.57. The number of nitrogens with one attached hydrogen (secondary N) is 2. The summed E-state index contributed by atoms with van der Waals surface area (Å²) in [6.07, 6.45) is 0.